The van der Waals surface area contributed by atoms with Gasteiger partial charge in [-0.15, -0.1) is 0 Å². The zero-order valence-electron chi connectivity index (χ0n) is 13.7. The number of para-hydroxylation sites is 1. The number of hydrogen-bond acceptors (Lipinski definition) is 5. The fourth-order valence-corrected chi connectivity index (χ4v) is 3.10. The van der Waals surface area contributed by atoms with Gasteiger partial charge < -0.3 is 9.64 Å². The predicted molar refractivity (Wildman–Crippen MR) is 88.8 cm³/mol. The Morgan fingerprint density at radius 2 is 2.12 bits per heavy atom. The third-order valence-corrected chi connectivity index (χ3v) is 4.41. The van der Waals surface area contributed by atoms with Gasteiger partial charge in [0.2, 0.25) is 5.91 Å². The fraction of sp³-hybridized carbons (Fsp3) is 0.294. The first-order valence-electron chi connectivity index (χ1n) is 8.00. The van der Waals surface area contributed by atoms with Crippen LogP contribution in [0, 0.1) is 0 Å². The Hall–Kier alpha value is -3.16. The zero-order valence-corrected chi connectivity index (χ0v) is 13.7. The molecular weight excluding hydrogens is 322 g/mol. The number of benzene rings is 1. The molecule has 0 saturated carbocycles. The van der Waals surface area contributed by atoms with E-state index in [4.69, 9.17) is 4.74 Å². The second-order valence-corrected chi connectivity index (χ2v) is 5.95. The van der Waals surface area contributed by atoms with E-state index >= 15 is 0 Å². The van der Waals surface area contributed by atoms with Crippen LogP contribution in [0.1, 0.15) is 21.9 Å². The first kappa shape index (κ1) is 15.4. The van der Waals surface area contributed by atoms with Crippen molar-refractivity contribution in [3.05, 3.63) is 47.4 Å². The first-order chi connectivity index (χ1) is 12.2. The van der Waals surface area contributed by atoms with Crippen LogP contribution in [0.4, 0.5) is 0 Å². The Balaban J connectivity index is 1.50. The van der Waals surface area contributed by atoms with Crippen LogP contribution in [0.25, 0.3) is 10.9 Å². The second-order valence-electron chi connectivity index (χ2n) is 5.95. The third-order valence-electron chi connectivity index (χ3n) is 4.41. The molecule has 8 nitrogen and oxygen atoms in total. The number of nitrogens with zero attached hydrogens (tertiary/aromatic N) is 4. The molecule has 0 saturated heterocycles. The molecule has 1 N–H and O–H groups in total. The molecule has 0 fully saturated rings. The maximum atomic E-state index is 12.7. The van der Waals surface area contributed by atoms with Gasteiger partial charge in [-0.3, -0.25) is 14.6 Å². The van der Waals surface area contributed by atoms with E-state index in [9.17, 15) is 9.59 Å². The predicted octanol–water partition coefficient (Wildman–Crippen LogP) is 1.13. The molecule has 8 heteroatoms. The number of carbonyl (C=O) groups is 2. The van der Waals surface area contributed by atoms with Crippen molar-refractivity contribution < 1.29 is 14.3 Å². The minimum Gasteiger partial charge on any atom is -0.464 e. The second kappa shape index (κ2) is 6.04. The molecule has 0 atom stereocenters. The Labute approximate surface area is 143 Å². The molecule has 0 aliphatic carbocycles. The van der Waals surface area contributed by atoms with Gasteiger partial charge in [-0.1, -0.05) is 18.2 Å². The number of aromatic nitrogens is 4. The van der Waals surface area contributed by atoms with Crippen LogP contribution < -0.4 is 0 Å². The van der Waals surface area contributed by atoms with Crippen LogP contribution in [0.2, 0.25) is 0 Å². The Morgan fingerprint density at radius 1 is 1.28 bits per heavy atom. The molecule has 1 aliphatic rings. The zero-order chi connectivity index (χ0) is 17.4. The molecular formula is C17H17N5O3. The SMILES string of the molecule is COC(=O)c1cc2n(n1)CCN(C(=O)Cc1[nH]nc3ccccc13)C2. The lowest BCUT2D eigenvalue weighted by Gasteiger charge is -2.27. The van der Waals surface area contributed by atoms with E-state index in [0.717, 1.165) is 22.3 Å². The lowest BCUT2D eigenvalue weighted by atomic mass is 10.1. The monoisotopic (exact) mass is 339 g/mol. The van der Waals surface area contributed by atoms with Crippen molar-refractivity contribution in [1.82, 2.24) is 24.9 Å². The van der Waals surface area contributed by atoms with Crippen molar-refractivity contribution in [2.45, 2.75) is 19.5 Å². The average molecular weight is 339 g/mol. The summed E-state index contributed by atoms with van der Waals surface area (Å²) in [4.78, 5) is 26.0. The number of H-pyrrole nitrogens is 1. The van der Waals surface area contributed by atoms with Gasteiger partial charge in [0, 0.05) is 11.9 Å². The maximum Gasteiger partial charge on any atom is 0.358 e. The minimum atomic E-state index is -0.469. The third kappa shape index (κ3) is 2.75. The van der Waals surface area contributed by atoms with Gasteiger partial charge in [0.25, 0.3) is 0 Å². The summed E-state index contributed by atoms with van der Waals surface area (Å²) in [5.41, 5.74) is 2.76. The smallest absolute Gasteiger partial charge is 0.358 e. The molecule has 0 spiro atoms. The molecule has 25 heavy (non-hydrogen) atoms. The van der Waals surface area contributed by atoms with Gasteiger partial charge in [0.05, 0.1) is 43.5 Å². The summed E-state index contributed by atoms with van der Waals surface area (Å²) in [5, 5.41) is 12.4. The highest BCUT2D eigenvalue weighted by Crippen LogP contribution is 2.19. The summed E-state index contributed by atoms with van der Waals surface area (Å²) in [6.07, 6.45) is 0.262. The van der Waals surface area contributed by atoms with Crippen molar-refractivity contribution >= 4 is 22.8 Å². The molecule has 3 aromatic rings. The Bertz CT molecular complexity index is 958. The van der Waals surface area contributed by atoms with Gasteiger partial charge in [-0.25, -0.2) is 4.79 Å². The van der Waals surface area contributed by atoms with Crippen molar-refractivity contribution in [1.29, 1.82) is 0 Å². The number of fused-ring (bicyclic) bond motifs is 2. The van der Waals surface area contributed by atoms with Crippen molar-refractivity contribution in [2.75, 3.05) is 13.7 Å². The molecule has 0 unspecified atom stereocenters. The van der Waals surface area contributed by atoms with E-state index < -0.39 is 5.97 Å². The molecule has 0 radical (unpaired) electrons. The van der Waals surface area contributed by atoms with Crippen LogP contribution in [-0.4, -0.2) is 50.4 Å². The summed E-state index contributed by atoms with van der Waals surface area (Å²) in [6, 6.07) is 9.39. The Kier molecular flexibility index (Phi) is 3.72. The van der Waals surface area contributed by atoms with Crippen LogP contribution in [0.15, 0.2) is 30.3 Å². The lowest BCUT2D eigenvalue weighted by molar-refractivity contribution is -0.132. The van der Waals surface area contributed by atoms with Crippen molar-refractivity contribution in [3.8, 4) is 0 Å². The molecule has 0 bridgehead atoms. The number of aromatic amines is 1. The summed E-state index contributed by atoms with van der Waals surface area (Å²) in [5.74, 6) is -0.454. The van der Waals surface area contributed by atoms with Gasteiger partial charge >= 0.3 is 5.97 Å². The number of ether oxygens (including phenoxy) is 1. The van der Waals surface area contributed by atoms with Gasteiger partial charge in [0.1, 0.15) is 0 Å². The first-order valence-corrected chi connectivity index (χ1v) is 8.00. The van der Waals surface area contributed by atoms with Crippen molar-refractivity contribution in [3.63, 3.8) is 0 Å². The van der Waals surface area contributed by atoms with E-state index in [0.29, 0.717) is 19.6 Å². The van der Waals surface area contributed by atoms with Crippen LogP contribution in [-0.2, 0) is 29.0 Å². The normalized spacial score (nSPS) is 13.7. The number of amides is 1. The van der Waals surface area contributed by atoms with Gasteiger partial charge in [0.15, 0.2) is 5.69 Å². The number of methoxy groups -OCH3 is 1. The van der Waals surface area contributed by atoms with Crippen LogP contribution >= 0.6 is 0 Å². The minimum absolute atomic E-state index is 0.0153. The average Bonchev–Trinajstić information content (AvgIpc) is 3.24. The van der Waals surface area contributed by atoms with Crippen LogP contribution in [0.5, 0.6) is 0 Å². The van der Waals surface area contributed by atoms with E-state index in [2.05, 4.69) is 15.3 Å². The largest absolute Gasteiger partial charge is 0.464 e. The maximum absolute atomic E-state index is 12.7. The number of hydrogen-bond donors (Lipinski definition) is 1. The Morgan fingerprint density at radius 3 is 2.96 bits per heavy atom. The molecule has 3 heterocycles. The van der Waals surface area contributed by atoms with Gasteiger partial charge in [-0.2, -0.15) is 10.2 Å². The number of esters is 1. The number of carbonyl (C=O) groups excluding carboxylic acids is 2. The molecule has 1 amide bonds. The summed E-state index contributed by atoms with van der Waals surface area (Å²) in [6.45, 7) is 1.54. The van der Waals surface area contributed by atoms with E-state index in [-0.39, 0.29) is 18.0 Å². The summed E-state index contributed by atoms with van der Waals surface area (Å²) >= 11 is 0. The molecule has 128 valence electrons. The highest BCUT2D eigenvalue weighted by atomic mass is 16.5. The van der Waals surface area contributed by atoms with E-state index in [1.165, 1.54) is 7.11 Å². The highest BCUT2D eigenvalue weighted by molar-refractivity contribution is 5.88. The van der Waals surface area contributed by atoms with Crippen LogP contribution in [0.3, 0.4) is 0 Å². The summed E-state index contributed by atoms with van der Waals surface area (Å²) < 4.78 is 6.44. The number of nitrogens with one attached hydrogen (secondary N) is 1. The van der Waals surface area contributed by atoms with Gasteiger partial charge in [-0.05, 0) is 12.1 Å². The van der Waals surface area contributed by atoms with E-state index in [1.807, 2.05) is 24.3 Å². The van der Waals surface area contributed by atoms with Crippen molar-refractivity contribution in [2.24, 2.45) is 0 Å². The topological polar surface area (TPSA) is 93.1 Å². The standard InChI is InChI=1S/C17H17N5O3/c1-25-17(24)15-8-11-10-21(6-7-22(11)20-15)16(23)9-14-12-4-2-3-5-13(12)18-19-14/h2-5,8H,6-7,9-10H2,1H3,(H,18,19). The molecule has 1 aliphatic heterocycles. The molecule has 1 aromatic carbocycles. The molecule has 2 aromatic heterocycles. The number of rotatable bonds is 3. The highest BCUT2D eigenvalue weighted by Gasteiger charge is 2.25. The van der Waals surface area contributed by atoms with E-state index in [1.54, 1.807) is 15.6 Å². The fourth-order valence-electron chi connectivity index (χ4n) is 3.10. The lowest BCUT2D eigenvalue weighted by Crippen LogP contribution is -2.39. The molecule has 4 rings (SSSR count). The quantitative estimate of drug-likeness (QED) is 0.722. The summed E-state index contributed by atoms with van der Waals surface area (Å²) in [7, 11) is 1.32.